The van der Waals surface area contributed by atoms with Gasteiger partial charge in [-0.1, -0.05) is 11.6 Å². The lowest BCUT2D eigenvalue weighted by Gasteiger charge is -2.18. The molecule has 7 nitrogen and oxygen atoms in total. The third kappa shape index (κ3) is 3.61. The molecule has 9 heteroatoms. The monoisotopic (exact) mass is 400 g/mol. The zero-order valence-electron chi connectivity index (χ0n) is 15.5. The van der Waals surface area contributed by atoms with Crippen molar-refractivity contribution in [2.45, 2.75) is 26.4 Å². The van der Waals surface area contributed by atoms with Crippen LogP contribution in [0.5, 0.6) is 0 Å². The number of anilines is 1. The Hall–Kier alpha value is -2.84. The maximum absolute atomic E-state index is 13.6. The van der Waals surface area contributed by atoms with E-state index < -0.39 is 5.60 Å². The normalized spacial score (nSPS) is 12.1. The summed E-state index contributed by atoms with van der Waals surface area (Å²) < 4.78 is 15.2. The third-order valence-corrected chi connectivity index (χ3v) is 4.33. The molecular weight excluding hydrogens is 383 g/mol. The summed E-state index contributed by atoms with van der Waals surface area (Å²) in [6.07, 6.45) is 0. The summed E-state index contributed by atoms with van der Waals surface area (Å²) in [6.45, 7) is 5.46. The maximum atomic E-state index is 13.6. The van der Waals surface area contributed by atoms with Crippen molar-refractivity contribution in [1.82, 2.24) is 24.6 Å². The van der Waals surface area contributed by atoms with Crippen molar-refractivity contribution in [1.29, 1.82) is 0 Å². The van der Waals surface area contributed by atoms with Crippen molar-refractivity contribution in [3.8, 4) is 11.4 Å². The lowest BCUT2D eigenvalue weighted by Crippen LogP contribution is -2.30. The molecule has 144 valence electrons. The minimum absolute atomic E-state index is 0.263. The zero-order valence-corrected chi connectivity index (χ0v) is 16.3. The van der Waals surface area contributed by atoms with E-state index in [1.165, 1.54) is 12.1 Å². The zero-order chi connectivity index (χ0) is 20.1. The number of fused-ring (bicyclic) bond motifs is 2. The summed E-state index contributed by atoms with van der Waals surface area (Å²) in [4.78, 5) is 13.3. The SMILES string of the molecule is Cc1nc2ccc(F)cc2nc1-c1cc2cc(Cl)nc(NCC(C)(C)O)n2n1. The Labute approximate surface area is 165 Å². The third-order valence-electron chi connectivity index (χ3n) is 4.14. The van der Waals surface area contributed by atoms with Gasteiger partial charge in [0.2, 0.25) is 5.95 Å². The van der Waals surface area contributed by atoms with Gasteiger partial charge in [-0.05, 0) is 39.0 Å². The second-order valence-electron chi connectivity index (χ2n) is 7.23. The highest BCUT2D eigenvalue weighted by Gasteiger charge is 2.17. The number of aryl methyl sites for hydroxylation is 1. The highest BCUT2D eigenvalue weighted by atomic mass is 35.5. The van der Waals surface area contributed by atoms with Crippen molar-refractivity contribution >= 4 is 34.1 Å². The molecule has 0 unspecified atom stereocenters. The van der Waals surface area contributed by atoms with Crippen LogP contribution in [-0.4, -0.2) is 41.8 Å². The van der Waals surface area contributed by atoms with E-state index in [1.54, 1.807) is 30.5 Å². The molecule has 28 heavy (non-hydrogen) atoms. The highest BCUT2D eigenvalue weighted by Crippen LogP contribution is 2.26. The van der Waals surface area contributed by atoms with E-state index in [9.17, 15) is 9.50 Å². The molecule has 0 radical (unpaired) electrons. The summed E-state index contributed by atoms with van der Waals surface area (Å²) in [7, 11) is 0. The van der Waals surface area contributed by atoms with Gasteiger partial charge in [0.05, 0.1) is 27.8 Å². The first-order chi connectivity index (χ1) is 13.2. The molecular formula is C19H18ClFN6O. The highest BCUT2D eigenvalue weighted by molar-refractivity contribution is 6.29. The predicted molar refractivity (Wildman–Crippen MR) is 106 cm³/mol. The first-order valence-corrected chi connectivity index (χ1v) is 9.04. The molecule has 0 amide bonds. The summed E-state index contributed by atoms with van der Waals surface area (Å²) >= 11 is 6.13. The van der Waals surface area contributed by atoms with Crippen LogP contribution in [0.1, 0.15) is 19.5 Å². The first-order valence-electron chi connectivity index (χ1n) is 8.66. The Morgan fingerprint density at radius 2 is 1.93 bits per heavy atom. The van der Waals surface area contributed by atoms with Gasteiger partial charge in [-0.15, -0.1) is 0 Å². The fraction of sp³-hybridized carbons (Fsp3) is 0.263. The molecule has 0 saturated carbocycles. The predicted octanol–water partition coefficient (Wildman–Crippen LogP) is 3.62. The lowest BCUT2D eigenvalue weighted by molar-refractivity contribution is 0.0943. The van der Waals surface area contributed by atoms with E-state index in [4.69, 9.17) is 11.6 Å². The van der Waals surface area contributed by atoms with Crippen LogP contribution in [0.3, 0.4) is 0 Å². The number of halogens is 2. The largest absolute Gasteiger partial charge is 0.389 e. The van der Waals surface area contributed by atoms with Gasteiger partial charge >= 0.3 is 0 Å². The van der Waals surface area contributed by atoms with Crippen molar-refractivity contribution in [2.75, 3.05) is 11.9 Å². The molecule has 0 aliphatic carbocycles. The molecule has 3 aromatic heterocycles. The van der Waals surface area contributed by atoms with E-state index >= 15 is 0 Å². The number of benzene rings is 1. The van der Waals surface area contributed by atoms with Crippen LogP contribution in [0.15, 0.2) is 30.3 Å². The van der Waals surface area contributed by atoms with Crippen molar-refractivity contribution in [2.24, 2.45) is 0 Å². The maximum Gasteiger partial charge on any atom is 0.225 e. The van der Waals surface area contributed by atoms with Gasteiger partial charge in [-0.25, -0.2) is 19.3 Å². The summed E-state index contributed by atoms with van der Waals surface area (Å²) in [6, 6.07) is 7.79. The summed E-state index contributed by atoms with van der Waals surface area (Å²) in [5.41, 5.74) is 2.62. The van der Waals surface area contributed by atoms with Gasteiger partial charge < -0.3 is 10.4 Å². The molecule has 0 saturated heterocycles. The smallest absolute Gasteiger partial charge is 0.225 e. The van der Waals surface area contributed by atoms with E-state index in [0.717, 1.165) is 0 Å². The van der Waals surface area contributed by atoms with E-state index in [1.807, 2.05) is 13.0 Å². The standard InChI is InChI=1S/C19H18ClFN6O/c1-10-17(24-14-6-11(21)4-5-13(14)23-10)15-7-12-8-16(20)25-18(27(12)26-15)22-9-19(2,3)28/h4-8,28H,9H2,1-3H3,(H,22,25). The molecule has 0 fully saturated rings. The molecule has 3 heterocycles. The Kier molecular flexibility index (Phi) is 4.40. The Bertz CT molecular complexity index is 1200. The fourth-order valence-electron chi connectivity index (χ4n) is 2.85. The Morgan fingerprint density at radius 1 is 1.14 bits per heavy atom. The molecule has 0 aliphatic rings. The molecule has 4 rings (SSSR count). The number of rotatable bonds is 4. The van der Waals surface area contributed by atoms with Crippen molar-refractivity contribution < 1.29 is 9.50 Å². The van der Waals surface area contributed by atoms with Gasteiger partial charge in [-0.3, -0.25) is 0 Å². The van der Waals surface area contributed by atoms with Crippen LogP contribution in [0.4, 0.5) is 10.3 Å². The molecule has 0 aliphatic heterocycles. The second kappa shape index (κ2) is 6.65. The van der Waals surface area contributed by atoms with Gasteiger partial charge in [-0.2, -0.15) is 9.61 Å². The summed E-state index contributed by atoms with van der Waals surface area (Å²) in [5.74, 6) is 0.0222. The van der Waals surface area contributed by atoms with Gasteiger partial charge in [0.25, 0.3) is 0 Å². The van der Waals surface area contributed by atoms with Crippen LogP contribution >= 0.6 is 11.6 Å². The van der Waals surface area contributed by atoms with Crippen molar-refractivity contribution in [3.05, 3.63) is 47.0 Å². The fourth-order valence-corrected chi connectivity index (χ4v) is 3.05. The number of nitrogens with one attached hydrogen (secondary N) is 1. The number of aromatic nitrogens is 5. The van der Waals surface area contributed by atoms with Crippen LogP contribution in [0.25, 0.3) is 27.9 Å². The van der Waals surface area contributed by atoms with Gasteiger partial charge in [0.1, 0.15) is 22.4 Å². The van der Waals surface area contributed by atoms with E-state index in [0.29, 0.717) is 44.7 Å². The van der Waals surface area contributed by atoms with Crippen LogP contribution in [0.2, 0.25) is 5.15 Å². The second-order valence-corrected chi connectivity index (χ2v) is 7.61. The number of aliphatic hydroxyl groups is 1. The molecule has 0 atom stereocenters. The average Bonchev–Trinajstić information content (AvgIpc) is 3.02. The van der Waals surface area contributed by atoms with Crippen LogP contribution < -0.4 is 5.32 Å². The van der Waals surface area contributed by atoms with Crippen LogP contribution in [-0.2, 0) is 0 Å². The lowest BCUT2D eigenvalue weighted by atomic mass is 10.1. The first kappa shape index (κ1) is 18.5. The number of hydrogen-bond acceptors (Lipinski definition) is 6. The molecule has 1 aromatic carbocycles. The number of hydrogen-bond donors (Lipinski definition) is 2. The molecule has 2 N–H and O–H groups in total. The topological polar surface area (TPSA) is 88.2 Å². The molecule has 0 spiro atoms. The van der Waals surface area contributed by atoms with Crippen LogP contribution in [0, 0.1) is 12.7 Å². The minimum atomic E-state index is -0.934. The quantitative estimate of drug-likeness (QED) is 0.509. The minimum Gasteiger partial charge on any atom is -0.389 e. The molecule has 4 aromatic rings. The molecule has 0 bridgehead atoms. The Morgan fingerprint density at radius 3 is 2.68 bits per heavy atom. The number of nitrogens with zero attached hydrogens (tertiary/aromatic N) is 5. The van der Waals surface area contributed by atoms with E-state index in [2.05, 4.69) is 25.4 Å². The van der Waals surface area contributed by atoms with Gasteiger partial charge in [0.15, 0.2) is 0 Å². The van der Waals surface area contributed by atoms with Crippen molar-refractivity contribution in [3.63, 3.8) is 0 Å². The van der Waals surface area contributed by atoms with Gasteiger partial charge in [0, 0.05) is 18.7 Å². The van der Waals surface area contributed by atoms with E-state index in [-0.39, 0.29) is 12.4 Å². The Balaban J connectivity index is 1.84. The average molecular weight is 401 g/mol. The summed E-state index contributed by atoms with van der Waals surface area (Å²) in [5, 5.41) is 17.9.